The van der Waals surface area contributed by atoms with Crippen molar-refractivity contribution >= 4 is 84.2 Å². The maximum absolute atomic E-state index is 13.2. The van der Waals surface area contributed by atoms with E-state index in [1.54, 1.807) is 32.9 Å². The first-order valence-electron chi connectivity index (χ1n) is 35.2. The van der Waals surface area contributed by atoms with Crippen LogP contribution in [0.3, 0.4) is 0 Å². The summed E-state index contributed by atoms with van der Waals surface area (Å²) in [6, 6.07) is 61.4. The molecular weight excluding hydrogens is 1330 g/mol. The van der Waals surface area contributed by atoms with Crippen molar-refractivity contribution < 1.29 is 42.8 Å². The number of hydrogen-bond acceptors (Lipinski definition) is 18. The van der Waals surface area contributed by atoms with Crippen molar-refractivity contribution in [1.82, 2.24) is 30.6 Å². The number of ether oxygens (including phenoxy) is 6. The molecule has 0 spiro atoms. The Morgan fingerprint density at radius 3 is 0.838 bits per heavy atom. The zero-order valence-electron chi connectivity index (χ0n) is 57.0. The lowest BCUT2D eigenvalue weighted by Crippen LogP contribution is -2.33. The molecule has 9 heterocycles. The van der Waals surface area contributed by atoms with Gasteiger partial charge in [0.05, 0.1) is 72.9 Å². The third kappa shape index (κ3) is 14.0. The first-order chi connectivity index (χ1) is 51.5. The summed E-state index contributed by atoms with van der Waals surface area (Å²) in [6.07, 6.45) is 4.63. The lowest BCUT2D eigenvalue weighted by Gasteiger charge is -2.19. The van der Waals surface area contributed by atoms with Crippen molar-refractivity contribution in [1.29, 1.82) is 0 Å². The van der Waals surface area contributed by atoms with Gasteiger partial charge >= 0.3 is 0 Å². The van der Waals surface area contributed by atoms with Crippen molar-refractivity contribution in [2.24, 2.45) is 0 Å². The number of carbonyl (C=O) groups is 3. The molecule has 528 valence electrons. The summed E-state index contributed by atoms with van der Waals surface area (Å²) in [6.45, 7) is 5.66. The zero-order valence-corrected chi connectivity index (χ0v) is 57.0. The van der Waals surface area contributed by atoms with Crippen molar-refractivity contribution in [2.45, 2.75) is 56.7 Å². The second-order valence-corrected chi connectivity index (χ2v) is 26.0. The van der Waals surface area contributed by atoms with Crippen LogP contribution >= 0.6 is 0 Å². The second kappa shape index (κ2) is 29.5. The molecule has 18 rings (SSSR count). The van der Waals surface area contributed by atoms with Crippen LogP contribution in [0, 0.1) is 0 Å². The van der Waals surface area contributed by atoms with Gasteiger partial charge in [-0.2, -0.15) is 15.3 Å². The number of nitrogens with one attached hydrogen (secondary N) is 6. The molecule has 105 heavy (non-hydrogen) atoms. The summed E-state index contributed by atoms with van der Waals surface area (Å²) < 4.78 is 34.4. The molecule has 24 heteroatoms. The molecule has 3 atom stereocenters. The molecular formula is C81H72N12O12. The predicted octanol–water partition coefficient (Wildman–Crippen LogP) is 11.9. The SMILES string of the molecule is O=C1C(Nc2ccc3c(c2)OCCCO3)CCN1c1ccc(-c2n[nH]c(=O)c3ccccc23)cc1.O=C1C(Nc2ccc3c(c2)OCCCO3)CCN1c1ccc(-c2n[nH]c(=O)c3ccccc23)cc1.O=C1C(Nc2ccc3c(c2)OCCCO3)CCN1c1ccc(-c2n[nH]c(=O)c3ccccc23)cc1. The largest absolute Gasteiger partial charge is 0.490 e. The molecule has 6 aliphatic heterocycles. The van der Waals surface area contributed by atoms with Crippen LogP contribution in [0.2, 0.25) is 0 Å². The highest BCUT2D eigenvalue weighted by Crippen LogP contribution is 2.39. The Bertz CT molecular complexity index is 4930. The van der Waals surface area contributed by atoms with Crippen LogP contribution in [0.4, 0.5) is 34.1 Å². The number of amides is 3. The van der Waals surface area contributed by atoms with Crippen LogP contribution in [0.1, 0.15) is 38.5 Å². The maximum Gasteiger partial charge on any atom is 0.272 e. The summed E-state index contributed by atoms with van der Waals surface area (Å²) in [5.41, 5.74) is 9.07. The Labute approximate surface area is 600 Å². The van der Waals surface area contributed by atoms with Crippen LogP contribution in [0.25, 0.3) is 66.1 Å². The normalized spacial score (nSPS) is 17.4. The topological polar surface area (TPSA) is 290 Å². The van der Waals surface area contributed by atoms with E-state index in [9.17, 15) is 28.8 Å². The summed E-state index contributed by atoms with van der Waals surface area (Å²) in [7, 11) is 0. The number of benzene rings is 9. The molecule has 3 aromatic heterocycles. The van der Waals surface area contributed by atoms with Crippen LogP contribution < -0.4 is 75.7 Å². The van der Waals surface area contributed by atoms with E-state index in [-0.39, 0.29) is 52.5 Å². The Hall–Kier alpha value is -13.0. The van der Waals surface area contributed by atoms with Crippen molar-refractivity contribution in [3.05, 3.63) is 231 Å². The molecule has 24 nitrogen and oxygen atoms in total. The Morgan fingerprint density at radius 2 is 0.562 bits per heavy atom. The van der Waals surface area contributed by atoms with E-state index in [0.29, 0.717) is 129 Å². The lowest BCUT2D eigenvalue weighted by molar-refractivity contribution is -0.118. The van der Waals surface area contributed by atoms with Gasteiger partial charge in [-0.3, -0.25) is 28.8 Å². The minimum absolute atomic E-state index is 0.0254. The fourth-order valence-electron chi connectivity index (χ4n) is 14.0. The highest BCUT2D eigenvalue weighted by molar-refractivity contribution is 6.04. The van der Waals surface area contributed by atoms with Gasteiger partial charge < -0.3 is 59.1 Å². The molecule has 0 saturated carbocycles. The third-order valence-corrected chi connectivity index (χ3v) is 19.3. The molecule has 3 saturated heterocycles. The second-order valence-electron chi connectivity index (χ2n) is 26.0. The molecule has 0 bridgehead atoms. The molecule has 3 fully saturated rings. The van der Waals surface area contributed by atoms with Crippen LogP contribution in [0.15, 0.2) is 215 Å². The van der Waals surface area contributed by atoms with Crippen molar-refractivity contribution in [3.8, 4) is 68.3 Å². The van der Waals surface area contributed by atoms with Gasteiger partial charge in [-0.25, -0.2) is 15.3 Å². The minimum atomic E-state index is -0.316. The Balaban J connectivity index is 0.000000121. The van der Waals surface area contributed by atoms with E-state index < -0.39 is 0 Å². The molecule has 12 aromatic rings. The number of aromatic amines is 3. The zero-order chi connectivity index (χ0) is 71.3. The smallest absolute Gasteiger partial charge is 0.272 e. The average molecular weight is 1410 g/mol. The molecule has 3 amide bonds. The molecule has 9 aromatic carbocycles. The van der Waals surface area contributed by atoms with Gasteiger partial charge in [0.15, 0.2) is 34.5 Å². The van der Waals surface area contributed by atoms with Gasteiger partial charge in [-0.05, 0) is 110 Å². The summed E-state index contributed by atoms with van der Waals surface area (Å²) >= 11 is 0. The van der Waals surface area contributed by atoms with Gasteiger partial charge in [-0.15, -0.1) is 0 Å². The lowest BCUT2D eigenvalue weighted by atomic mass is 10.0. The average Bonchev–Trinajstić information content (AvgIpc) is 1.77. The molecule has 6 aliphatic rings. The van der Waals surface area contributed by atoms with Crippen LogP contribution in [0.5, 0.6) is 34.5 Å². The minimum Gasteiger partial charge on any atom is -0.490 e. The highest BCUT2D eigenvalue weighted by Gasteiger charge is 2.36. The van der Waals surface area contributed by atoms with Crippen LogP contribution in [-0.2, 0) is 14.4 Å². The van der Waals surface area contributed by atoms with E-state index >= 15 is 0 Å². The first kappa shape index (κ1) is 66.6. The number of aromatic nitrogens is 6. The Morgan fingerprint density at radius 1 is 0.305 bits per heavy atom. The summed E-state index contributed by atoms with van der Waals surface area (Å²) in [4.78, 5) is 81.2. The third-order valence-electron chi connectivity index (χ3n) is 19.3. The molecule has 0 radical (unpaired) electrons. The van der Waals surface area contributed by atoms with Gasteiger partial charge in [0.2, 0.25) is 17.7 Å². The van der Waals surface area contributed by atoms with Gasteiger partial charge in [-0.1, -0.05) is 91.0 Å². The van der Waals surface area contributed by atoms with E-state index in [1.807, 2.05) is 182 Å². The fraction of sp³-hybridized carbons (Fsp3) is 0.222. The van der Waals surface area contributed by atoms with Gasteiger partial charge in [0, 0.05) is 124 Å². The van der Waals surface area contributed by atoms with E-state index in [2.05, 4.69) is 46.5 Å². The summed E-state index contributed by atoms with van der Waals surface area (Å²) in [5.74, 6) is 4.38. The number of rotatable bonds is 12. The monoisotopic (exact) mass is 1400 g/mol. The summed E-state index contributed by atoms with van der Waals surface area (Å²) in [5, 5.41) is 34.8. The number of H-pyrrole nitrogens is 3. The molecule has 6 N–H and O–H groups in total. The number of nitrogens with zero attached hydrogens (tertiary/aromatic N) is 6. The molecule has 0 aliphatic carbocycles. The maximum atomic E-state index is 13.2. The van der Waals surface area contributed by atoms with E-state index in [0.717, 1.165) is 103 Å². The van der Waals surface area contributed by atoms with Gasteiger partial charge in [0.25, 0.3) is 16.7 Å². The van der Waals surface area contributed by atoms with Crippen molar-refractivity contribution in [3.63, 3.8) is 0 Å². The quantitative estimate of drug-likeness (QED) is 0.0662. The van der Waals surface area contributed by atoms with Crippen molar-refractivity contribution in [2.75, 3.05) is 89.9 Å². The Kier molecular flexibility index (Phi) is 18.7. The first-order valence-corrected chi connectivity index (χ1v) is 35.2. The number of fused-ring (bicyclic) bond motifs is 6. The highest BCUT2D eigenvalue weighted by atomic mass is 16.5. The van der Waals surface area contributed by atoms with Gasteiger partial charge in [0.1, 0.15) is 18.1 Å². The molecule has 3 unspecified atom stereocenters. The van der Waals surface area contributed by atoms with Crippen LogP contribution in [-0.4, -0.2) is 126 Å². The number of hydrogen-bond donors (Lipinski definition) is 6. The predicted molar refractivity (Wildman–Crippen MR) is 403 cm³/mol. The number of anilines is 6. The van der Waals surface area contributed by atoms with E-state index in [1.165, 1.54) is 0 Å². The number of carbonyl (C=O) groups excluding carboxylic acids is 3. The fourth-order valence-corrected chi connectivity index (χ4v) is 14.0. The standard InChI is InChI=1S/3C27H24N4O4/c3*32-26-21-5-2-1-4-20(21)25(29-30-26)17-6-9-19(10-7-17)31-13-12-22(27(31)33)28-18-8-11-23-24(16-18)35-15-3-14-34-23/h3*1-2,4-11,16,22,28H,3,12-15H2,(H,30,32). The van der Waals surface area contributed by atoms with E-state index in [4.69, 9.17) is 28.4 Å².